The summed E-state index contributed by atoms with van der Waals surface area (Å²) in [6.07, 6.45) is 0. The number of methoxy groups -OCH3 is 1. The van der Waals surface area contributed by atoms with Crippen molar-refractivity contribution >= 4 is 57.2 Å². The molecule has 15 heavy (non-hydrogen) atoms. The first-order chi connectivity index (χ1) is 6.74. The molecule has 0 radical (unpaired) electrons. The molecule has 0 fully saturated rings. The van der Waals surface area contributed by atoms with Crippen molar-refractivity contribution in [1.29, 1.82) is 0 Å². The summed E-state index contributed by atoms with van der Waals surface area (Å²) in [6.45, 7) is 0. The molecule has 0 atom stereocenters. The second-order valence-corrected chi connectivity index (χ2v) is 7.12. The van der Waals surface area contributed by atoms with Gasteiger partial charge in [-0.05, 0) is 34.1 Å². The number of halogens is 4. The molecular weight excluding hydrogens is 350 g/mol. The molecular formula is C7H6BrCl3O3S. The summed E-state index contributed by atoms with van der Waals surface area (Å²) in [5, 5.41) is 0.702. The monoisotopic (exact) mass is 354 g/mol. The minimum Gasteiger partial charge on any atom is -0.496 e. The molecule has 0 aromatic heterocycles. The summed E-state index contributed by atoms with van der Waals surface area (Å²) in [5.74, 6) is 0.796. The molecule has 0 saturated heterocycles. The van der Waals surface area contributed by atoms with Crippen LogP contribution < -0.4 is 4.74 Å². The lowest BCUT2D eigenvalue weighted by Crippen LogP contribution is -1.82. The smallest absolute Gasteiger partial charge is 0.317 e. The fraction of sp³-hybridized carbons (Fsp3) is 0.143. The fourth-order valence-corrected chi connectivity index (χ4v) is 1.49. The van der Waals surface area contributed by atoms with Crippen molar-refractivity contribution in [2.45, 2.75) is 0 Å². The number of hydrogen-bond donors (Lipinski definition) is 0. The van der Waals surface area contributed by atoms with Gasteiger partial charge in [0.25, 0.3) is 0 Å². The third-order valence-electron chi connectivity index (χ3n) is 1.11. The fourth-order valence-electron chi connectivity index (χ4n) is 0.641. The number of ether oxygens (including phenoxy) is 1. The molecule has 1 aromatic carbocycles. The lowest BCUT2D eigenvalue weighted by molar-refractivity contribution is 0.412. The zero-order valence-electron chi connectivity index (χ0n) is 7.38. The van der Waals surface area contributed by atoms with E-state index in [1.165, 1.54) is 0 Å². The second kappa shape index (κ2) is 6.81. The number of benzene rings is 1. The maximum Gasteiger partial charge on any atom is 0.317 e. The molecule has 1 aromatic rings. The van der Waals surface area contributed by atoms with Crippen LogP contribution >= 0.6 is 48.9 Å². The minimum absolute atomic E-state index is 0.702. The summed E-state index contributed by atoms with van der Waals surface area (Å²) in [4.78, 5) is 0. The highest BCUT2D eigenvalue weighted by molar-refractivity contribution is 9.10. The maximum absolute atomic E-state index is 9.16. The van der Waals surface area contributed by atoms with E-state index in [9.17, 15) is 0 Å². The molecule has 0 aliphatic heterocycles. The van der Waals surface area contributed by atoms with E-state index in [0.717, 1.165) is 10.2 Å². The summed E-state index contributed by atoms with van der Waals surface area (Å²) >= 11 is 8.99. The summed E-state index contributed by atoms with van der Waals surface area (Å²) in [7, 11) is 6.43. The molecule has 0 amide bonds. The van der Waals surface area contributed by atoms with Crippen molar-refractivity contribution in [2.75, 3.05) is 7.11 Å². The molecule has 0 unspecified atom stereocenters. The minimum atomic E-state index is -3.72. The molecule has 86 valence electrons. The third kappa shape index (κ3) is 9.26. The third-order valence-corrected chi connectivity index (χ3v) is 1.97. The molecule has 0 aliphatic carbocycles. The van der Waals surface area contributed by atoms with Gasteiger partial charge in [0.1, 0.15) is 5.75 Å². The van der Waals surface area contributed by atoms with E-state index in [1.54, 1.807) is 19.2 Å². The Bertz CT molecular complexity index is 413. The van der Waals surface area contributed by atoms with Gasteiger partial charge in [0, 0.05) is 26.4 Å². The van der Waals surface area contributed by atoms with Crippen molar-refractivity contribution in [2.24, 2.45) is 0 Å². The van der Waals surface area contributed by atoms with Gasteiger partial charge in [-0.2, -0.15) is 8.42 Å². The van der Waals surface area contributed by atoms with Gasteiger partial charge < -0.3 is 4.74 Å². The van der Waals surface area contributed by atoms with Crippen molar-refractivity contribution in [3.8, 4) is 5.75 Å². The van der Waals surface area contributed by atoms with E-state index in [0.29, 0.717) is 5.02 Å². The Labute approximate surface area is 110 Å². The van der Waals surface area contributed by atoms with Gasteiger partial charge in [0.2, 0.25) is 0 Å². The number of rotatable bonds is 1. The molecule has 0 N–H and O–H groups in total. The maximum atomic E-state index is 9.16. The lowest BCUT2D eigenvalue weighted by atomic mass is 10.3. The van der Waals surface area contributed by atoms with Gasteiger partial charge in [0.15, 0.2) is 0 Å². The average Bonchev–Trinajstić information content (AvgIpc) is 2.01. The van der Waals surface area contributed by atoms with Crippen molar-refractivity contribution in [1.82, 2.24) is 0 Å². The predicted octanol–water partition coefficient (Wildman–Crippen LogP) is 3.82. The van der Waals surface area contributed by atoms with E-state index < -0.39 is 8.26 Å². The largest absolute Gasteiger partial charge is 0.496 e. The van der Waals surface area contributed by atoms with Crippen molar-refractivity contribution < 1.29 is 13.2 Å². The van der Waals surface area contributed by atoms with Gasteiger partial charge in [-0.15, -0.1) is 0 Å². The number of hydrogen-bond acceptors (Lipinski definition) is 3. The lowest BCUT2D eigenvalue weighted by Gasteiger charge is -2.01. The van der Waals surface area contributed by atoms with Gasteiger partial charge in [-0.3, -0.25) is 0 Å². The van der Waals surface area contributed by atoms with Crippen LogP contribution in [0.15, 0.2) is 22.7 Å². The zero-order valence-corrected chi connectivity index (χ0v) is 12.0. The van der Waals surface area contributed by atoms with E-state index in [1.807, 2.05) is 6.07 Å². The van der Waals surface area contributed by atoms with Crippen LogP contribution in [-0.4, -0.2) is 15.5 Å². The standard InChI is InChI=1S/C7H6BrClO.Cl2O2S/c1-10-7-3-2-5(9)4-6(7)8;1-5(2,3)4/h2-4H,1H3;. The predicted molar refractivity (Wildman–Crippen MR) is 66.3 cm³/mol. The van der Waals surface area contributed by atoms with Crippen LogP contribution in [0.5, 0.6) is 5.75 Å². The van der Waals surface area contributed by atoms with E-state index >= 15 is 0 Å². The average molecular weight is 356 g/mol. The van der Waals surface area contributed by atoms with Gasteiger partial charge in [-0.1, -0.05) is 11.6 Å². The Morgan fingerprint density at radius 3 is 2.13 bits per heavy atom. The Balaban J connectivity index is 0.000000336. The molecule has 0 aliphatic rings. The Morgan fingerprint density at radius 1 is 1.33 bits per heavy atom. The van der Waals surface area contributed by atoms with Gasteiger partial charge in [-0.25, -0.2) is 0 Å². The second-order valence-electron chi connectivity index (χ2n) is 2.16. The van der Waals surface area contributed by atoms with Crippen molar-refractivity contribution in [3.63, 3.8) is 0 Å². The molecule has 0 bridgehead atoms. The topological polar surface area (TPSA) is 43.4 Å². The van der Waals surface area contributed by atoms with Crippen molar-refractivity contribution in [3.05, 3.63) is 27.7 Å². The van der Waals surface area contributed by atoms with Crippen LogP contribution in [0.25, 0.3) is 0 Å². The van der Waals surface area contributed by atoms with Crippen LogP contribution in [0, 0.1) is 0 Å². The Morgan fingerprint density at radius 2 is 1.80 bits per heavy atom. The van der Waals surface area contributed by atoms with Crippen LogP contribution in [-0.2, 0) is 8.26 Å². The first-order valence-corrected chi connectivity index (χ1v) is 7.68. The highest BCUT2D eigenvalue weighted by atomic mass is 79.9. The first-order valence-electron chi connectivity index (χ1n) is 3.37. The molecule has 0 heterocycles. The summed E-state index contributed by atoms with van der Waals surface area (Å²) in [5.41, 5.74) is 0. The van der Waals surface area contributed by atoms with Crippen LogP contribution in [0.2, 0.25) is 5.02 Å². The molecule has 3 nitrogen and oxygen atoms in total. The zero-order chi connectivity index (χ0) is 12.1. The van der Waals surface area contributed by atoms with Crippen LogP contribution in [0.1, 0.15) is 0 Å². The Kier molecular flexibility index (Phi) is 6.95. The van der Waals surface area contributed by atoms with E-state index in [4.69, 9.17) is 24.8 Å². The highest BCUT2D eigenvalue weighted by Crippen LogP contribution is 2.27. The highest BCUT2D eigenvalue weighted by Gasteiger charge is 1.97. The molecule has 0 saturated carbocycles. The summed E-state index contributed by atoms with van der Waals surface area (Å²) in [6, 6.07) is 5.39. The first kappa shape index (κ1) is 15.3. The molecule has 8 heteroatoms. The Hall–Kier alpha value is 0.320. The van der Waals surface area contributed by atoms with Crippen LogP contribution in [0.3, 0.4) is 0 Å². The van der Waals surface area contributed by atoms with E-state index in [2.05, 4.69) is 37.3 Å². The van der Waals surface area contributed by atoms with Gasteiger partial charge >= 0.3 is 8.26 Å². The molecule has 1 rings (SSSR count). The summed E-state index contributed by atoms with van der Waals surface area (Å²) < 4.78 is 24.2. The van der Waals surface area contributed by atoms with Gasteiger partial charge in [0.05, 0.1) is 11.6 Å². The van der Waals surface area contributed by atoms with Crippen LogP contribution in [0.4, 0.5) is 0 Å². The quantitative estimate of drug-likeness (QED) is 0.719. The normalized spacial score (nSPS) is 10.2. The van der Waals surface area contributed by atoms with E-state index in [-0.39, 0.29) is 0 Å². The molecule has 0 spiro atoms. The SMILES string of the molecule is COc1ccc(Cl)cc1Br.O=S(=O)(Cl)Cl.